The number of hydrogen-bond donors (Lipinski definition) is 1. The first-order valence-electron chi connectivity index (χ1n) is 8.97. The summed E-state index contributed by atoms with van der Waals surface area (Å²) in [5.74, 6) is 0.294. The number of nitrogens with zero attached hydrogens (tertiary/aromatic N) is 1. The molecule has 3 rings (SSSR count). The normalized spacial score (nSPS) is 27.1. The highest BCUT2D eigenvalue weighted by molar-refractivity contribution is 5.80. The van der Waals surface area contributed by atoms with Crippen molar-refractivity contribution >= 4 is 5.91 Å². The Bertz CT molecular complexity index is 626. The second-order valence-corrected chi connectivity index (χ2v) is 7.77. The highest BCUT2D eigenvalue weighted by Gasteiger charge is 2.44. The second kappa shape index (κ2) is 7.10. The molecule has 0 unspecified atom stereocenters. The standard InChI is InChI=1S/C19H24F3NO3/c1-18(25)11-15(12-18)17(24)23-8-6-14(7-9-23)10-13-2-4-16(5-3-13)26-19(20,21)22/h2-5,14-15,25H,6-12H2,1H3/t15-,18+. The minimum atomic E-state index is -4.67. The zero-order chi connectivity index (χ0) is 18.9. The van der Waals surface area contributed by atoms with Gasteiger partial charge in [-0.2, -0.15) is 0 Å². The summed E-state index contributed by atoms with van der Waals surface area (Å²) in [5.41, 5.74) is 0.278. The van der Waals surface area contributed by atoms with E-state index in [2.05, 4.69) is 4.74 Å². The third-order valence-corrected chi connectivity index (χ3v) is 5.33. The zero-order valence-electron chi connectivity index (χ0n) is 14.8. The molecule has 0 bridgehead atoms. The summed E-state index contributed by atoms with van der Waals surface area (Å²) < 4.78 is 40.4. The Morgan fingerprint density at radius 1 is 1.23 bits per heavy atom. The first kappa shape index (κ1) is 19.0. The van der Waals surface area contributed by atoms with Gasteiger partial charge in [0.25, 0.3) is 0 Å². The molecule has 1 aliphatic heterocycles. The van der Waals surface area contributed by atoms with Crippen LogP contribution in [-0.4, -0.2) is 41.0 Å². The summed E-state index contributed by atoms with van der Waals surface area (Å²) in [5, 5.41) is 9.78. The highest BCUT2D eigenvalue weighted by Crippen LogP contribution is 2.39. The highest BCUT2D eigenvalue weighted by atomic mass is 19.4. The van der Waals surface area contributed by atoms with Crippen molar-refractivity contribution in [2.75, 3.05) is 13.1 Å². The van der Waals surface area contributed by atoms with Crippen molar-refractivity contribution in [1.82, 2.24) is 4.90 Å². The lowest BCUT2D eigenvalue weighted by Gasteiger charge is -2.43. The first-order chi connectivity index (χ1) is 12.1. The van der Waals surface area contributed by atoms with Gasteiger partial charge >= 0.3 is 6.36 Å². The molecule has 0 radical (unpaired) electrons. The molecule has 2 aliphatic rings. The maximum atomic E-state index is 12.4. The molecule has 1 saturated carbocycles. The van der Waals surface area contributed by atoms with Gasteiger partial charge in [-0.1, -0.05) is 12.1 Å². The molecule has 2 fully saturated rings. The maximum absolute atomic E-state index is 12.4. The van der Waals surface area contributed by atoms with Gasteiger partial charge in [0, 0.05) is 19.0 Å². The number of rotatable bonds is 4. The fourth-order valence-corrected chi connectivity index (χ4v) is 3.95. The van der Waals surface area contributed by atoms with Gasteiger partial charge < -0.3 is 14.7 Å². The maximum Gasteiger partial charge on any atom is 0.573 e. The number of amides is 1. The van der Waals surface area contributed by atoms with Crippen molar-refractivity contribution in [3.8, 4) is 5.75 Å². The largest absolute Gasteiger partial charge is 0.573 e. The summed E-state index contributed by atoms with van der Waals surface area (Å²) >= 11 is 0. The van der Waals surface area contributed by atoms with Gasteiger partial charge in [-0.3, -0.25) is 4.79 Å². The Kier molecular flexibility index (Phi) is 5.19. The van der Waals surface area contributed by atoms with Crippen LogP contribution in [0.1, 0.15) is 38.2 Å². The van der Waals surface area contributed by atoms with Gasteiger partial charge in [0.2, 0.25) is 5.91 Å². The number of carbonyl (C=O) groups is 1. The van der Waals surface area contributed by atoms with Gasteiger partial charge in [0.05, 0.1) is 5.60 Å². The molecule has 1 heterocycles. The first-order valence-corrected chi connectivity index (χ1v) is 8.97. The Morgan fingerprint density at radius 2 is 1.81 bits per heavy atom. The van der Waals surface area contributed by atoms with E-state index in [1.54, 1.807) is 19.1 Å². The molecule has 1 aromatic carbocycles. The molecular weight excluding hydrogens is 347 g/mol. The summed E-state index contributed by atoms with van der Waals surface area (Å²) in [6, 6.07) is 6.00. The molecule has 1 aromatic rings. The van der Waals surface area contributed by atoms with E-state index in [9.17, 15) is 23.1 Å². The molecule has 26 heavy (non-hydrogen) atoms. The number of halogens is 3. The van der Waals surface area contributed by atoms with E-state index >= 15 is 0 Å². The predicted molar refractivity (Wildman–Crippen MR) is 89.5 cm³/mol. The van der Waals surface area contributed by atoms with E-state index < -0.39 is 12.0 Å². The molecule has 1 N–H and O–H groups in total. The fraction of sp³-hybridized carbons (Fsp3) is 0.632. The van der Waals surface area contributed by atoms with E-state index in [0.29, 0.717) is 31.8 Å². The summed E-state index contributed by atoms with van der Waals surface area (Å²) in [6.07, 6.45) is -1.04. The molecule has 1 saturated heterocycles. The van der Waals surface area contributed by atoms with Crippen LogP contribution in [0.2, 0.25) is 0 Å². The fourth-order valence-electron chi connectivity index (χ4n) is 3.95. The molecule has 0 atom stereocenters. The number of piperidine rings is 1. The number of hydrogen-bond acceptors (Lipinski definition) is 3. The average molecular weight is 371 g/mol. The van der Waals surface area contributed by atoms with E-state index in [0.717, 1.165) is 24.8 Å². The molecule has 1 aliphatic carbocycles. The summed E-state index contributed by atoms with van der Waals surface area (Å²) in [4.78, 5) is 14.3. The van der Waals surface area contributed by atoms with Gasteiger partial charge in [-0.25, -0.2) is 0 Å². The lowest BCUT2D eigenvalue weighted by atomic mass is 9.71. The smallest absolute Gasteiger partial charge is 0.406 e. The van der Waals surface area contributed by atoms with Crippen LogP contribution in [0.5, 0.6) is 5.75 Å². The van der Waals surface area contributed by atoms with E-state index in [1.807, 2.05) is 4.90 Å². The van der Waals surface area contributed by atoms with Crippen molar-refractivity contribution in [2.45, 2.75) is 51.0 Å². The third-order valence-electron chi connectivity index (χ3n) is 5.33. The van der Waals surface area contributed by atoms with E-state index in [1.165, 1.54) is 12.1 Å². The Labute approximate surface area is 150 Å². The molecular formula is C19H24F3NO3. The Balaban J connectivity index is 1.45. The van der Waals surface area contributed by atoms with Gasteiger partial charge in [-0.15, -0.1) is 13.2 Å². The van der Waals surface area contributed by atoms with Crippen LogP contribution in [0.25, 0.3) is 0 Å². The number of ether oxygens (including phenoxy) is 1. The SMILES string of the molecule is C[C@]1(O)C[C@@H](C(=O)N2CCC(Cc3ccc(OC(F)(F)F)cc3)CC2)C1. The monoisotopic (exact) mass is 371 g/mol. The van der Waals surface area contributed by atoms with Crippen molar-refractivity contribution in [1.29, 1.82) is 0 Å². The number of alkyl halides is 3. The Hall–Kier alpha value is -1.76. The lowest BCUT2D eigenvalue weighted by molar-refractivity contribution is -0.274. The molecule has 0 spiro atoms. The van der Waals surface area contributed by atoms with E-state index in [-0.39, 0.29) is 17.6 Å². The van der Waals surface area contributed by atoms with Crippen LogP contribution in [0.3, 0.4) is 0 Å². The molecule has 0 aromatic heterocycles. The third kappa shape index (κ3) is 4.90. The van der Waals surface area contributed by atoms with Crippen molar-refractivity contribution in [3.63, 3.8) is 0 Å². The van der Waals surface area contributed by atoms with Crippen molar-refractivity contribution in [2.24, 2.45) is 11.8 Å². The molecule has 144 valence electrons. The molecule has 4 nitrogen and oxygen atoms in total. The van der Waals surface area contributed by atoms with Gasteiger partial charge in [0.15, 0.2) is 0 Å². The minimum Gasteiger partial charge on any atom is -0.406 e. The van der Waals surface area contributed by atoms with Crippen LogP contribution >= 0.6 is 0 Å². The van der Waals surface area contributed by atoms with Gasteiger partial charge in [0.1, 0.15) is 5.75 Å². The number of benzene rings is 1. The Morgan fingerprint density at radius 3 is 2.31 bits per heavy atom. The minimum absolute atomic E-state index is 0.0530. The van der Waals surface area contributed by atoms with Crippen molar-refractivity contribution in [3.05, 3.63) is 29.8 Å². The van der Waals surface area contributed by atoms with E-state index in [4.69, 9.17) is 0 Å². The van der Waals surface area contributed by atoms with Crippen LogP contribution in [0, 0.1) is 11.8 Å². The van der Waals surface area contributed by atoms with Crippen LogP contribution < -0.4 is 4.74 Å². The quantitative estimate of drug-likeness (QED) is 0.881. The summed E-state index contributed by atoms with van der Waals surface area (Å²) in [7, 11) is 0. The van der Waals surface area contributed by atoms with Crippen molar-refractivity contribution < 1.29 is 27.8 Å². The van der Waals surface area contributed by atoms with Gasteiger partial charge in [-0.05, 0) is 62.6 Å². The average Bonchev–Trinajstić information content (AvgIpc) is 2.53. The predicted octanol–water partition coefficient (Wildman–Crippen LogP) is 3.53. The topological polar surface area (TPSA) is 49.8 Å². The molecule has 7 heteroatoms. The molecule has 1 amide bonds. The lowest BCUT2D eigenvalue weighted by Crippen LogP contribution is -2.51. The number of carbonyl (C=O) groups excluding carboxylic acids is 1. The second-order valence-electron chi connectivity index (χ2n) is 7.77. The number of likely N-dealkylation sites (tertiary alicyclic amines) is 1. The van der Waals surface area contributed by atoms with Crippen LogP contribution in [0.4, 0.5) is 13.2 Å². The summed E-state index contributed by atoms with van der Waals surface area (Å²) in [6.45, 7) is 3.17. The zero-order valence-corrected chi connectivity index (χ0v) is 14.8. The van der Waals surface area contributed by atoms with Crippen LogP contribution in [-0.2, 0) is 11.2 Å². The van der Waals surface area contributed by atoms with Crippen LogP contribution in [0.15, 0.2) is 24.3 Å². The number of aliphatic hydroxyl groups is 1.